The van der Waals surface area contributed by atoms with Gasteiger partial charge in [-0.25, -0.2) is 0 Å². The molecular formula is C16H16N2S. The number of fused-ring (bicyclic) bond motifs is 1. The minimum atomic E-state index is 0.464. The molecule has 0 amide bonds. The number of benzene rings is 2. The summed E-state index contributed by atoms with van der Waals surface area (Å²) >= 11 is 5.17. The van der Waals surface area contributed by atoms with Gasteiger partial charge in [0.05, 0.1) is 0 Å². The number of nitrogens with two attached hydrogens (primary N) is 1. The quantitative estimate of drug-likeness (QED) is 0.848. The van der Waals surface area contributed by atoms with E-state index in [1.165, 1.54) is 16.7 Å². The largest absolute Gasteiger partial charge is 0.389 e. The van der Waals surface area contributed by atoms with E-state index < -0.39 is 0 Å². The molecule has 2 nitrogen and oxygen atoms in total. The summed E-state index contributed by atoms with van der Waals surface area (Å²) in [6.45, 7) is 3.94. The Labute approximate surface area is 118 Å². The highest BCUT2D eigenvalue weighted by Crippen LogP contribution is 2.31. The van der Waals surface area contributed by atoms with Crippen LogP contribution in [0.25, 0.3) is 0 Å². The average molecular weight is 268 g/mol. The Morgan fingerprint density at radius 3 is 2.32 bits per heavy atom. The van der Waals surface area contributed by atoms with Crippen molar-refractivity contribution in [3.05, 3.63) is 64.7 Å². The molecule has 0 fully saturated rings. The number of hydrogen-bond donors (Lipinski definition) is 1. The van der Waals surface area contributed by atoms with Crippen molar-refractivity contribution in [3.8, 4) is 0 Å². The summed E-state index contributed by atoms with van der Waals surface area (Å²) in [4.78, 5) is 2.80. The minimum Gasteiger partial charge on any atom is -0.389 e. The second-order valence-electron chi connectivity index (χ2n) is 5.01. The van der Waals surface area contributed by atoms with E-state index in [2.05, 4.69) is 48.2 Å². The molecule has 2 aromatic rings. The van der Waals surface area contributed by atoms with Crippen molar-refractivity contribution < 1.29 is 0 Å². The van der Waals surface area contributed by atoms with Crippen molar-refractivity contribution in [1.29, 1.82) is 0 Å². The van der Waals surface area contributed by atoms with E-state index in [9.17, 15) is 0 Å². The van der Waals surface area contributed by atoms with Crippen LogP contribution in [-0.4, -0.2) is 4.99 Å². The van der Waals surface area contributed by atoms with Crippen molar-refractivity contribution in [2.75, 3.05) is 4.90 Å². The van der Waals surface area contributed by atoms with Crippen LogP contribution in [-0.2, 0) is 13.1 Å². The maximum Gasteiger partial charge on any atom is 0.106 e. The van der Waals surface area contributed by atoms with Crippen LogP contribution in [0.3, 0.4) is 0 Å². The number of anilines is 1. The molecule has 2 aromatic carbocycles. The molecule has 3 heteroatoms. The molecule has 0 saturated heterocycles. The number of rotatable bonds is 2. The van der Waals surface area contributed by atoms with Crippen LogP contribution >= 0.6 is 12.2 Å². The minimum absolute atomic E-state index is 0.464. The van der Waals surface area contributed by atoms with E-state index in [1.807, 2.05) is 6.07 Å². The van der Waals surface area contributed by atoms with Gasteiger partial charge >= 0.3 is 0 Å². The fourth-order valence-electron chi connectivity index (χ4n) is 2.62. The van der Waals surface area contributed by atoms with Crippen LogP contribution < -0.4 is 10.6 Å². The maximum absolute atomic E-state index is 5.84. The van der Waals surface area contributed by atoms with E-state index in [4.69, 9.17) is 18.0 Å². The maximum atomic E-state index is 5.84. The van der Waals surface area contributed by atoms with Gasteiger partial charge in [0.1, 0.15) is 4.99 Å². The average Bonchev–Trinajstić information content (AvgIpc) is 2.81. The van der Waals surface area contributed by atoms with Crippen molar-refractivity contribution in [3.63, 3.8) is 0 Å². The highest BCUT2D eigenvalue weighted by atomic mass is 32.1. The first-order chi connectivity index (χ1) is 9.15. The molecule has 1 aliphatic heterocycles. The third-order valence-corrected chi connectivity index (χ3v) is 3.82. The summed E-state index contributed by atoms with van der Waals surface area (Å²) < 4.78 is 0. The van der Waals surface area contributed by atoms with Crippen LogP contribution in [0.4, 0.5) is 5.69 Å². The molecule has 2 N–H and O–H groups in total. The molecule has 19 heavy (non-hydrogen) atoms. The van der Waals surface area contributed by atoms with E-state index in [0.717, 1.165) is 24.3 Å². The molecule has 0 saturated carbocycles. The topological polar surface area (TPSA) is 29.3 Å². The predicted molar refractivity (Wildman–Crippen MR) is 83.4 cm³/mol. The lowest BCUT2D eigenvalue weighted by Gasteiger charge is -2.21. The van der Waals surface area contributed by atoms with E-state index >= 15 is 0 Å². The number of nitrogens with zero attached hydrogens (tertiary/aromatic N) is 1. The van der Waals surface area contributed by atoms with Crippen LogP contribution in [0.5, 0.6) is 0 Å². The zero-order valence-electron chi connectivity index (χ0n) is 10.9. The van der Waals surface area contributed by atoms with Gasteiger partial charge < -0.3 is 10.6 Å². The Kier molecular flexibility index (Phi) is 2.99. The van der Waals surface area contributed by atoms with Crippen molar-refractivity contribution in [2.24, 2.45) is 5.73 Å². The van der Waals surface area contributed by atoms with Gasteiger partial charge in [-0.3, -0.25) is 0 Å². The Bertz CT molecular complexity index is 624. The van der Waals surface area contributed by atoms with Crippen molar-refractivity contribution in [2.45, 2.75) is 20.0 Å². The molecule has 0 atom stereocenters. The van der Waals surface area contributed by atoms with E-state index in [0.29, 0.717) is 4.99 Å². The number of thiocarbonyl (C=S) groups is 1. The van der Waals surface area contributed by atoms with Gasteiger partial charge in [0.15, 0.2) is 0 Å². The van der Waals surface area contributed by atoms with Crippen LogP contribution in [0.15, 0.2) is 42.5 Å². The standard InChI is InChI=1S/C16H16N2S/c1-11-6-7-14(16(17)19)15(8-11)18-9-12-4-2-3-5-13(12)10-18/h2-8H,9-10H2,1H3,(H2,17,19). The molecule has 3 rings (SSSR count). The third-order valence-electron chi connectivity index (χ3n) is 3.60. The highest BCUT2D eigenvalue weighted by molar-refractivity contribution is 7.80. The van der Waals surface area contributed by atoms with Crippen LogP contribution in [0.1, 0.15) is 22.3 Å². The van der Waals surface area contributed by atoms with E-state index in [1.54, 1.807) is 0 Å². The zero-order valence-corrected chi connectivity index (χ0v) is 11.7. The summed E-state index contributed by atoms with van der Waals surface area (Å²) in [5.74, 6) is 0. The van der Waals surface area contributed by atoms with Gasteiger partial charge in [-0.2, -0.15) is 0 Å². The Morgan fingerprint density at radius 2 is 1.74 bits per heavy atom. The van der Waals surface area contributed by atoms with E-state index in [-0.39, 0.29) is 0 Å². The van der Waals surface area contributed by atoms with Crippen LogP contribution in [0.2, 0.25) is 0 Å². The van der Waals surface area contributed by atoms with Gasteiger partial charge in [0.25, 0.3) is 0 Å². The first kappa shape index (κ1) is 12.2. The lowest BCUT2D eigenvalue weighted by atomic mass is 10.1. The second kappa shape index (κ2) is 4.67. The molecule has 0 aromatic heterocycles. The smallest absolute Gasteiger partial charge is 0.106 e. The number of aryl methyl sites for hydroxylation is 1. The summed E-state index contributed by atoms with van der Waals surface area (Å²) in [6, 6.07) is 14.8. The normalized spacial score (nSPS) is 13.4. The molecule has 1 heterocycles. The van der Waals surface area contributed by atoms with Crippen molar-refractivity contribution in [1.82, 2.24) is 0 Å². The van der Waals surface area contributed by atoms with Gasteiger partial charge in [0.2, 0.25) is 0 Å². The SMILES string of the molecule is Cc1ccc(C(N)=S)c(N2Cc3ccccc3C2)c1. The predicted octanol–water partition coefficient (Wildman–Crippen LogP) is 3.15. The van der Waals surface area contributed by atoms with Gasteiger partial charge in [-0.05, 0) is 35.7 Å². The Balaban J connectivity index is 2.01. The Morgan fingerprint density at radius 1 is 1.11 bits per heavy atom. The fraction of sp³-hybridized carbons (Fsp3) is 0.188. The van der Waals surface area contributed by atoms with Gasteiger partial charge in [-0.1, -0.05) is 42.5 Å². The molecule has 0 aliphatic carbocycles. The fourth-order valence-corrected chi connectivity index (χ4v) is 2.79. The first-order valence-corrected chi connectivity index (χ1v) is 6.78. The van der Waals surface area contributed by atoms with Gasteiger partial charge in [-0.15, -0.1) is 0 Å². The molecule has 0 unspecified atom stereocenters. The molecule has 0 radical (unpaired) electrons. The van der Waals surface area contributed by atoms with Crippen molar-refractivity contribution >= 4 is 22.9 Å². The number of hydrogen-bond acceptors (Lipinski definition) is 2. The molecule has 1 aliphatic rings. The summed E-state index contributed by atoms with van der Waals surface area (Å²) in [5, 5.41) is 0. The monoisotopic (exact) mass is 268 g/mol. The van der Waals surface area contributed by atoms with Crippen LogP contribution in [0, 0.1) is 6.92 Å². The summed E-state index contributed by atoms with van der Waals surface area (Å²) in [6.07, 6.45) is 0. The zero-order chi connectivity index (χ0) is 13.4. The summed E-state index contributed by atoms with van der Waals surface area (Å²) in [5.41, 5.74) is 12.0. The molecule has 96 valence electrons. The molecular weight excluding hydrogens is 252 g/mol. The first-order valence-electron chi connectivity index (χ1n) is 6.37. The second-order valence-corrected chi connectivity index (χ2v) is 5.45. The molecule has 0 bridgehead atoms. The summed E-state index contributed by atoms with van der Waals surface area (Å²) in [7, 11) is 0. The van der Waals surface area contributed by atoms with Gasteiger partial charge in [0, 0.05) is 24.3 Å². The highest BCUT2D eigenvalue weighted by Gasteiger charge is 2.21. The lowest BCUT2D eigenvalue weighted by molar-refractivity contribution is 0.878. The Hall–Kier alpha value is -1.87. The lowest BCUT2D eigenvalue weighted by Crippen LogP contribution is -2.20. The third kappa shape index (κ3) is 2.22. The molecule has 0 spiro atoms.